The molecule has 104 valence electrons. The highest BCUT2D eigenvalue weighted by Crippen LogP contribution is 2.33. The third-order valence-corrected chi connectivity index (χ3v) is 3.78. The first-order valence-electron chi connectivity index (χ1n) is 6.91. The third kappa shape index (κ3) is 1.97. The van der Waals surface area contributed by atoms with E-state index in [9.17, 15) is 4.79 Å². The summed E-state index contributed by atoms with van der Waals surface area (Å²) < 4.78 is 5.10. The lowest BCUT2D eigenvalue weighted by atomic mass is 9.98. The van der Waals surface area contributed by atoms with Gasteiger partial charge in [0.25, 0.3) is 0 Å². The minimum Gasteiger partial charge on any atom is -0.448 e. The second-order valence-electron chi connectivity index (χ2n) is 4.88. The standard InChI is InChI=1S/C16H18N2O2/c1-3-20-16(19)18-11-10-14-13-7-5-4-6-12(13)8-9-15(14)17(18)2/h4-9H,3,10-11H2,1-2H3. The molecule has 0 atom stereocenters. The smallest absolute Gasteiger partial charge is 0.428 e. The van der Waals surface area contributed by atoms with Gasteiger partial charge in [-0.3, -0.25) is 5.01 Å². The maximum atomic E-state index is 11.9. The first-order valence-corrected chi connectivity index (χ1v) is 6.91. The number of benzene rings is 2. The quantitative estimate of drug-likeness (QED) is 0.797. The van der Waals surface area contributed by atoms with Crippen molar-refractivity contribution in [3.05, 3.63) is 42.0 Å². The number of hydrazine groups is 1. The van der Waals surface area contributed by atoms with Gasteiger partial charge in [0, 0.05) is 7.05 Å². The average Bonchev–Trinajstić information content (AvgIpc) is 2.47. The second-order valence-corrected chi connectivity index (χ2v) is 4.88. The Morgan fingerprint density at radius 2 is 2.05 bits per heavy atom. The number of rotatable bonds is 1. The Kier molecular flexibility index (Phi) is 3.22. The molecule has 0 aromatic heterocycles. The third-order valence-electron chi connectivity index (χ3n) is 3.78. The maximum absolute atomic E-state index is 11.9. The summed E-state index contributed by atoms with van der Waals surface area (Å²) >= 11 is 0. The van der Waals surface area contributed by atoms with Crippen molar-refractivity contribution in [1.82, 2.24) is 5.01 Å². The zero-order valence-corrected chi connectivity index (χ0v) is 11.8. The van der Waals surface area contributed by atoms with Crippen LogP contribution in [-0.4, -0.2) is 31.3 Å². The van der Waals surface area contributed by atoms with E-state index in [1.165, 1.54) is 16.3 Å². The molecular formula is C16H18N2O2. The van der Waals surface area contributed by atoms with E-state index in [2.05, 4.69) is 30.3 Å². The summed E-state index contributed by atoms with van der Waals surface area (Å²) in [6.45, 7) is 2.87. The van der Waals surface area contributed by atoms with Gasteiger partial charge in [0.05, 0.1) is 18.8 Å². The Bertz CT molecular complexity index is 654. The number of fused-ring (bicyclic) bond motifs is 3. The molecule has 0 spiro atoms. The highest BCUT2D eigenvalue weighted by atomic mass is 16.6. The number of ether oxygens (including phenoxy) is 1. The molecule has 0 saturated heterocycles. The van der Waals surface area contributed by atoms with Gasteiger partial charge in [0.15, 0.2) is 0 Å². The summed E-state index contributed by atoms with van der Waals surface area (Å²) in [5, 5.41) is 6.05. The lowest BCUT2D eigenvalue weighted by Gasteiger charge is -2.38. The van der Waals surface area contributed by atoms with Crippen LogP contribution in [0.15, 0.2) is 36.4 Å². The molecule has 2 aromatic rings. The van der Waals surface area contributed by atoms with E-state index >= 15 is 0 Å². The van der Waals surface area contributed by atoms with Gasteiger partial charge >= 0.3 is 6.09 Å². The molecule has 0 bridgehead atoms. The monoisotopic (exact) mass is 270 g/mol. The Balaban J connectivity index is 2.02. The maximum Gasteiger partial charge on any atom is 0.428 e. The Morgan fingerprint density at radius 1 is 1.25 bits per heavy atom. The van der Waals surface area contributed by atoms with Crippen molar-refractivity contribution in [1.29, 1.82) is 0 Å². The van der Waals surface area contributed by atoms with Crippen LogP contribution in [-0.2, 0) is 11.2 Å². The van der Waals surface area contributed by atoms with Crippen molar-refractivity contribution in [2.45, 2.75) is 13.3 Å². The van der Waals surface area contributed by atoms with Crippen LogP contribution in [0.3, 0.4) is 0 Å². The first-order chi connectivity index (χ1) is 9.72. The van der Waals surface area contributed by atoms with Crippen LogP contribution in [0.25, 0.3) is 10.8 Å². The summed E-state index contributed by atoms with van der Waals surface area (Å²) in [4.78, 5) is 11.9. The molecule has 4 nitrogen and oxygen atoms in total. The van der Waals surface area contributed by atoms with Gasteiger partial charge in [0.1, 0.15) is 0 Å². The molecule has 4 heteroatoms. The van der Waals surface area contributed by atoms with Gasteiger partial charge in [-0.1, -0.05) is 30.3 Å². The zero-order valence-electron chi connectivity index (χ0n) is 11.8. The number of anilines is 1. The minimum absolute atomic E-state index is 0.284. The van der Waals surface area contributed by atoms with Gasteiger partial charge in [0.2, 0.25) is 0 Å². The number of carbonyl (C=O) groups is 1. The van der Waals surface area contributed by atoms with Crippen molar-refractivity contribution in [3.63, 3.8) is 0 Å². The normalized spacial score (nSPS) is 14.3. The largest absolute Gasteiger partial charge is 0.448 e. The fourth-order valence-corrected chi connectivity index (χ4v) is 2.80. The molecule has 1 aliphatic heterocycles. The molecule has 2 aromatic carbocycles. The van der Waals surface area contributed by atoms with Gasteiger partial charge in [-0.15, -0.1) is 0 Å². The Morgan fingerprint density at radius 3 is 2.85 bits per heavy atom. The highest BCUT2D eigenvalue weighted by Gasteiger charge is 2.27. The predicted octanol–water partition coefficient (Wildman–Crippen LogP) is 3.21. The van der Waals surface area contributed by atoms with Crippen molar-refractivity contribution in [3.8, 4) is 0 Å². The van der Waals surface area contributed by atoms with Crippen LogP contribution < -0.4 is 5.01 Å². The van der Waals surface area contributed by atoms with E-state index < -0.39 is 0 Å². The summed E-state index contributed by atoms with van der Waals surface area (Å²) in [5.41, 5.74) is 2.37. The minimum atomic E-state index is -0.284. The number of hydrogen-bond donors (Lipinski definition) is 0. The van der Waals surface area contributed by atoms with E-state index in [0.29, 0.717) is 13.2 Å². The predicted molar refractivity (Wildman–Crippen MR) is 79.8 cm³/mol. The molecule has 1 aliphatic rings. The Hall–Kier alpha value is -2.23. The molecule has 0 saturated carbocycles. The Labute approximate surface area is 118 Å². The number of amides is 1. The van der Waals surface area contributed by atoms with Gasteiger partial charge in [-0.25, -0.2) is 9.80 Å². The summed E-state index contributed by atoms with van der Waals surface area (Å²) in [6, 6.07) is 12.5. The molecule has 20 heavy (non-hydrogen) atoms. The average molecular weight is 270 g/mol. The fraction of sp³-hybridized carbons (Fsp3) is 0.312. The van der Waals surface area contributed by atoms with Gasteiger partial charge in [-0.2, -0.15) is 0 Å². The molecule has 1 heterocycles. The van der Waals surface area contributed by atoms with E-state index in [4.69, 9.17) is 4.74 Å². The molecule has 3 rings (SSSR count). The zero-order chi connectivity index (χ0) is 14.1. The molecule has 1 amide bonds. The number of nitrogens with zero attached hydrogens (tertiary/aromatic N) is 2. The molecule has 0 aliphatic carbocycles. The summed E-state index contributed by atoms with van der Waals surface area (Å²) in [6.07, 6.45) is 0.564. The topological polar surface area (TPSA) is 32.8 Å². The van der Waals surface area contributed by atoms with Crippen LogP contribution in [0.4, 0.5) is 10.5 Å². The number of carbonyl (C=O) groups excluding carboxylic acids is 1. The van der Waals surface area contributed by atoms with Crippen molar-refractivity contribution < 1.29 is 9.53 Å². The van der Waals surface area contributed by atoms with Crippen molar-refractivity contribution >= 4 is 22.6 Å². The van der Waals surface area contributed by atoms with Gasteiger partial charge < -0.3 is 4.74 Å². The SMILES string of the molecule is CCOC(=O)N1CCc2c(ccc3ccccc23)N1C. The van der Waals surface area contributed by atoms with E-state index in [0.717, 1.165) is 12.1 Å². The molecule has 0 N–H and O–H groups in total. The van der Waals surface area contributed by atoms with Crippen LogP contribution in [0.2, 0.25) is 0 Å². The van der Waals surface area contributed by atoms with Crippen LogP contribution in [0.5, 0.6) is 0 Å². The van der Waals surface area contributed by atoms with Gasteiger partial charge in [-0.05, 0) is 35.7 Å². The van der Waals surface area contributed by atoms with E-state index in [-0.39, 0.29) is 6.09 Å². The van der Waals surface area contributed by atoms with Crippen LogP contribution in [0, 0.1) is 0 Å². The second kappa shape index (κ2) is 5.04. The highest BCUT2D eigenvalue weighted by molar-refractivity contribution is 5.91. The lowest BCUT2D eigenvalue weighted by molar-refractivity contribution is 0.103. The molecule has 0 unspecified atom stereocenters. The van der Waals surface area contributed by atoms with E-state index in [1.807, 2.05) is 25.0 Å². The first kappa shape index (κ1) is 12.8. The molecule has 0 fully saturated rings. The summed E-state index contributed by atoms with van der Waals surface area (Å²) in [7, 11) is 1.91. The van der Waals surface area contributed by atoms with Crippen molar-refractivity contribution in [2.75, 3.05) is 25.2 Å². The fourth-order valence-electron chi connectivity index (χ4n) is 2.80. The number of hydrogen-bond acceptors (Lipinski definition) is 3. The molecule has 0 radical (unpaired) electrons. The lowest BCUT2D eigenvalue weighted by Crippen LogP contribution is -2.48. The molecular weight excluding hydrogens is 252 g/mol. The van der Waals surface area contributed by atoms with E-state index in [1.54, 1.807) is 5.01 Å². The van der Waals surface area contributed by atoms with Crippen LogP contribution in [0.1, 0.15) is 12.5 Å². The van der Waals surface area contributed by atoms with Crippen LogP contribution >= 0.6 is 0 Å². The van der Waals surface area contributed by atoms with Crippen molar-refractivity contribution in [2.24, 2.45) is 0 Å². The summed E-state index contributed by atoms with van der Waals surface area (Å²) in [5.74, 6) is 0.